The number of guanidine groups is 1. The van der Waals surface area contributed by atoms with Gasteiger partial charge in [0, 0.05) is 24.7 Å². The zero-order valence-corrected chi connectivity index (χ0v) is 18.5. The first kappa shape index (κ1) is 23.1. The van der Waals surface area contributed by atoms with E-state index >= 15 is 0 Å². The van der Waals surface area contributed by atoms with E-state index in [1.54, 1.807) is 41.5 Å². The van der Waals surface area contributed by atoms with Crippen molar-refractivity contribution in [1.82, 2.24) is 10.2 Å². The van der Waals surface area contributed by atoms with Gasteiger partial charge in [0.25, 0.3) is 5.69 Å². The molecule has 1 aromatic rings. The lowest BCUT2D eigenvalue weighted by molar-refractivity contribution is -0.385. The number of carbonyl (C=O) groups is 2. The van der Waals surface area contributed by atoms with Gasteiger partial charge in [0.15, 0.2) is 0 Å². The van der Waals surface area contributed by atoms with Crippen LogP contribution in [0.3, 0.4) is 0 Å². The number of ether oxygens (including phenoxy) is 2. The number of nitro groups is 1. The van der Waals surface area contributed by atoms with Crippen molar-refractivity contribution in [2.24, 2.45) is 10.4 Å². The molecule has 164 valence electrons. The van der Waals surface area contributed by atoms with Crippen LogP contribution in [0, 0.1) is 15.5 Å². The van der Waals surface area contributed by atoms with E-state index in [9.17, 15) is 19.7 Å². The molecule has 1 aromatic carbocycles. The van der Waals surface area contributed by atoms with E-state index in [-0.39, 0.29) is 17.6 Å². The fourth-order valence-corrected chi connectivity index (χ4v) is 3.24. The summed E-state index contributed by atoms with van der Waals surface area (Å²) >= 11 is 0. The molecule has 1 aliphatic heterocycles. The Hall–Kier alpha value is -3.17. The van der Waals surface area contributed by atoms with Crippen molar-refractivity contribution in [1.29, 1.82) is 0 Å². The van der Waals surface area contributed by atoms with E-state index in [1.807, 2.05) is 0 Å². The highest BCUT2D eigenvalue weighted by Crippen LogP contribution is 2.50. The molecule has 0 radical (unpaired) electrons. The van der Waals surface area contributed by atoms with Crippen molar-refractivity contribution in [3.05, 3.63) is 33.9 Å². The number of aliphatic imine (C=N–C) groups is 1. The minimum absolute atomic E-state index is 0.0235. The van der Waals surface area contributed by atoms with Gasteiger partial charge in [-0.3, -0.25) is 25.1 Å². The SMILES string of the molecule is COc1ccc([N+](=O)[O-])cc1C1(C)N=C(NC(=O)OC(C)(C)C)N(C)C(=O)C1(C)C. The molecule has 0 saturated carbocycles. The van der Waals surface area contributed by atoms with Crippen LogP contribution in [0.25, 0.3) is 0 Å². The van der Waals surface area contributed by atoms with Gasteiger partial charge in [0.1, 0.15) is 16.9 Å². The fraction of sp³-hybridized carbons (Fsp3) is 0.550. The first-order chi connectivity index (χ1) is 13.6. The lowest BCUT2D eigenvalue weighted by atomic mass is 9.67. The summed E-state index contributed by atoms with van der Waals surface area (Å²) in [6.45, 7) is 10.2. The number of hydrogen-bond acceptors (Lipinski definition) is 7. The largest absolute Gasteiger partial charge is 0.496 e. The van der Waals surface area contributed by atoms with Crippen LogP contribution in [-0.4, -0.2) is 47.5 Å². The highest BCUT2D eigenvalue weighted by molar-refractivity contribution is 6.06. The summed E-state index contributed by atoms with van der Waals surface area (Å²) in [7, 11) is 2.92. The van der Waals surface area contributed by atoms with Crippen LogP contribution in [0.15, 0.2) is 23.2 Å². The predicted molar refractivity (Wildman–Crippen MR) is 110 cm³/mol. The Morgan fingerprint density at radius 1 is 1.27 bits per heavy atom. The third-order valence-corrected chi connectivity index (χ3v) is 5.23. The number of alkyl carbamates (subject to hydrolysis) is 1. The van der Waals surface area contributed by atoms with Crippen molar-refractivity contribution in [3.8, 4) is 5.75 Å². The second-order valence-corrected chi connectivity index (χ2v) is 8.77. The number of hydrogen-bond donors (Lipinski definition) is 1. The Balaban J connectivity index is 2.66. The third kappa shape index (κ3) is 4.07. The second kappa shape index (κ2) is 7.58. The van der Waals surface area contributed by atoms with E-state index in [2.05, 4.69) is 10.3 Å². The molecule has 0 saturated heterocycles. The van der Waals surface area contributed by atoms with Crippen LogP contribution in [0.1, 0.15) is 47.1 Å². The van der Waals surface area contributed by atoms with Gasteiger partial charge in [-0.1, -0.05) is 0 Å². The van der Waals surface area contributed by atoms with Gasteiger partial charge in [-0.15, -0.1) is 0 Å². The fourth-order valence-electron chi connectivity index (χ4n) is 3.24. The standard InChI is InChI=1S/C20H28N4O6/c1-18(2,3)30-17(26)21-16-22-20(6,19(4,5)15(25)23(16)7)13-11-12(24(27)28)9-10-14(13)29-8/h9-11H,1-8H3,(H,21,22,26). The normalized spacial score (nSPS) is 21.0. The van der Waals surface area contributed by atoms with Gasteiger partial charge in [0.05, 0.1) is 17.4 Å². The summed E-state index contributed by atoms with van der Waals surface area (Å²) in [5.74, 6) is -0.0156. The number of amides is 2. The molecule has 1 atom stereocenters. The van der Waals surface area contributed by atoms with Crippen LogP contribution in [-0.2, 0) is 15.1 Å². The Morgan fingerprint density at radius 2 is 1.87 bits per heavy atom. The summed E-state index contributed by atoms with van der Waals surface area (Å²) in [5.41, 5.74) is -2.93. The number of nitrogens with zero attached hydrogens (tertiary/aromatic N) is 3. The van der Waals surface area contributed by atoms with Crippen LogP contribution >= 0.6 is 0 Å². The summed E-state index contributed by atoms with van der Waals surface area (Å²) in [6, 6.07) is 4.13. The highest BCUT2D eigenvalue weighted by Gasteiger charge is 2.54. The highest BCUT2D eigenvalue weighted by atomic mass is 16.6. The van der Waals surface area contributed by atoms with Crippen LogP contribution in [0.4, 0.5) is 10.5 Å². The number of nitrogens with one attached hydrogen (secondary N) is 1. The zero-order valence-electron chi connectivity index (χ0n) is 18.5. The molecule has 1 heterocycles. The molecule has 0 spiro atoms. The van der Waals surface area contributed by atoms with Crippen molar-refractivity contribution in [2.45, 2.75) is 52.7 Å². The van der Waals surface area contributed by atoms with Gasteiger partial charge in [-0.25, -0.2) is 9.79 Å². The average molecular weight is 420 g/mol. The molecule has 0 aromatic heterocycles. The molecule has 0 aliphatic carbocycles. The molecule has 30 heavy (non-hydrogen) atoms. The molecule has 0 bridgehead atoms. The molecule has 1 N–H and O–H groups in total. The van der Waals surface area contributed by atoms with E-state index < -0.39 is 27.6 Å². The van der Waals surface area contributed by atoms with Crippen LogP contribution in [0.2, 0.25) is 0 Å². The minimum atomic E-state index is -1.28. The summed E-state index contributed by atoms with van der Waals surface area (Å²) < 4.78 is 10.7. The van der Waals surface area contributed by atoms with E-state index in [1.165, 1.54) is 37.3 Å². The van der Waals surface area contributed by atoms with Gasteiger partial charge in [0.2, 0.25) is 11.9 Å². The molecule has 1 unspecified atom stereocenters. The first-order valence-electron chi connectivity index (χ1n) is 9.35. The number of non-ortho nitro benzene ring substituents is 1. The lowest BCUT2D eigenvalue weighted by Gasteiger charge is -2.46. The predicted octanol–water partition coefficient (Wildman–Crippen LogP) is 3.20. The number of nitro benzene ring substituents is 1. The Morgan fingerprint density at radius 3 is 2.37 bits per heavy atom. The summed E-state index contributed by atoms with van der Waals surface area (Å²) in [6.07, 6.45) is -0.769. The van der Waals surface area contributed by atoms with E-state index in [0.717, 1.165) is 0 Å². The Bertz CT molecular complexity index is 918. The van der Waals surface area contributed by atoms with E-state index in [4.69, 9.17) is 9.47 Å². The van der Waals surface area contributed by atoms with Gasteiger partial charge >= 0.3 is 6.09 Å². The zero-order chi connectivity index (χ0) is 23.1. The van der Waals surface area contributed by atoms with Gasteiger partial charge in [-0.2, -0.15) is 0 Å². The van der Waals surface area contributed by atoms with Crippen molar-refractivity contribution >= 4 is 23.6 Å². The maximum atomic E-state index is 13.2. The molecular weight excluding hydrogens is 392 g/mol. The number of rotatable bonds is 3. The topological polar surface area (TPSA) is 123 Å². The molecule has 0 fully saturated rings. The maximum absolute atomic E-state index is 13.2. The smallest absolute Gasteiger partial charge is 0.414 e. The number of methoxy groups -OCH3 is 1. The molecule has 2 rings (SSSR count). The van der Waals surface area contributed by atoms with Gasteiger partial charge in [-0.05, 0) is 47.6 Å². The number of carbonyl (C=O) groups excluding carboxylic acids is 2. The van der Waals surface area contributed by atoms with E-state index in [0.29, 0.717) is 11.3 Å². The number of benzene rings is 1. The van der Waals surface area contributed by atoms with Crippen molar-refractivity contribution in [2.75, 3.05) is 14.2 Å². The first-order valence-corrected chi connectivity index (χ1v) is 9.35. The van der Waals surface area contributed by atoms with Crippen LogP contribution < -0.4 is 10.1 Å². The lowest BCUT2D eigenvalue weighted by Crippen LogP contribution is -2.60. The minimum Gasteiger partial charge on any atom is -0.496 e. The molecule has 10 heteroatoms. The van der Waals surface area contributed by atoms with Gasteiger partial charge < -0.3 is 9.47 Å². The monoisotopic (exact) mass is 420 g/mol. The Kier molecular flexibility index (Phi) is 5.84. The maximum Gasteiger partial charge on any atom is 0.414 e. The summed E-state index contributed by atoms with van der Waals surface area (Å²) in [4.78, 5) is 42.2. The molecule has 2 amide bonds. The van der Waals surface area contributed by atoms with Crippen LogP contribution in [0.5, 0.6) is 5.75 Å². The summed E-state index contributed by atoms with van der Waals surface area (Å²) in [5, 5.41) is 13.9. The molecular formula is C20H28N4O6. The Labute approximate surface area is 175 Å². The van der Waals surface area contributed by atoms with Crippen molar-refractivity contribution < 1.29 is 24.0 Å². The second-order valence-electron chi connectivity index (χ2n) is 8.77. The average Bonchev–Trinajstić information content (AvgIpc) is 2.62. The van der Waals surface area contributed by atoms with Crippen molar-refractivity contribution in [3.63, 3.8) is 0 Å². The third-order valence-electron chi connectivity index (χ3n) is 5.23. The molecule has 1 aliphatic rings. The molecule has 10 nitrogen and oxygen atoms in total. The quantitative estimate of drug-likeness (QED) is 0.592.